The average molecular weight is 605 g/mol. The number of hydrogen-bond donors (Lipinski definition) is 3. The van der Waals surface area contributed by atoms with Crippen LogP contribution in [-0.2, 0) is 15.4 Å². The first-order chi connectivity index (χ1) is 19.8. The van der Waals surface area contributed by atoms with Gasteiger partial charge in [-0.25, -0.2) is 21.6 Å². The number of aliphatic imine (C=N–C) groups is 1. The minimum atomic E-state index is -3.78. The van der Waals surface area contributed by atoms with E-state index in [0.717, 1.165) is 12.8 Å². The molecular formula is C30H35F3N4O4S. The number of amides is 1. The number of sulfonamides is 1. The van der Waals surface area contributed by atoms with Gasteiger partial charge in [0.05, 0.1) is 29.3 Å². The summed E-state index contributed by atoms with van der Waals surface area (Å²) in [6.07, 6.45) is 4.01. The van der Waals surface area contributed by atoms with Gasteiger partial charge in [-0.2, -0.15) is 0 Å². The van der Waals surface area contributed by atoms with Gasteiger partial charge in [-0.15, -0.1) is 0 Å². The number of carbonyl (C=O) groups is 1. The zero-order valence-electron chi connectivity index (χ0n) is 23.5. The summed E-state index contributed by atoms with van der Waals surface area (Å²) in [5.74, 6) is -4.35. The Bertz CT molecular complexity index is 1550. The summed E-state index contributed by atoms with van der Waals surface area (Å²) >= 11 is 0. The maximum Gasteiger partial charge on any atom is 0.257 e. The largest absolute Gasteiger partial charge is 0.395 e. The van der Waals surface area contributed by atoms with Crippen molar-refractivity contribution in [3.63, 3.8) is 0 Å². The van der Waals surface area contributed by atoms with Crippen LogP contribution in [0.2, 0.25) is 0 Å². The van der Waals surface area contributed by atoms with E-state index in [9.17, 15) is 22.0 Å². The number of benzene rings is 2. The van der Waals surface area contributed by atoms with Gasteiger partial charge in [0.2, 0.25) is 15.9 Å². The first-order valence-electron chi connectivity index (χ1n) is 14.4. The number of anilines is 3. The molecule has 3 fully saturated rings. The van der Waals surface area contributed by atoms with Gasteiger partial charge in [0, 0.05) is 42.7 Å². The Morgan fingerprint density at radius 3 is 2.33 bits per heavy atom. The number of fused-ring (bicyclic) bond motifs is 2. The number of rotatable bonds is 7. The van der Waals surface area contributed by atoms with E-state index in [1.807, 2.05) is 0 Å². The fourth-order valence-corrected chi connectivity index (χ4v) is 7.62. The second-order valence-electron chi connectivity index (χ2n) is 12.3. The van der Waals surface area contributed by atoms with Crippen LogP contribution in [0.1, 0.15) is 74.2 Å². The molecule has 3 N–H and O–H groups in total. The number of nitrogens with zero attached hydrogens (tertiary/aromatic N) is 2. The predicted molar refractivity (Wildman–Crippen MR) is 156 cm³/mol. The summed E-state index contributed by atoms with van der Waals surface area (Å²) in [4.78, 5) is 20.2. The lowest BCUT2D eigenvalue weighted by atomic mass is 9.66. The number of aliphatic hydroxyl groups excluding tert-OH is 1. The molecule has 2 aliphatic carbocycles. The molecule has 8 nitrogen and oxygen atoms in total. The van der Waals surface area contributed by atoms with E-state index in [2.05, 4.69) is 19.9 Å². The van der Waals surface area contributed by atoms with Crippen LogP contribution in [0.15, 0.2) is 35.3 Å². The van der Waals surface area contributed by atoms with Crippen molar-refractivity contribution in [2.75, 3.05) is 40.4 Å². The average Bonchev–Trinajstić information content (AvgIpc) is 3.62. The molecule has 0 atom stereocenters. The van der Waals surface area contributed by atoms with E-state index in [-0.39, 0.29) is 42.7 Å². The van der Waals surface area contributed by atoms with Crippen molar-refractivity contribution in [3.05, 3.63) is 47.3 Å². The van der Waals surface area contributed by atoms with E-state index in [1.165, 1.54) is 31.0 Å². The second-order valence-corrected chi connectivity index (χ2v) is 14.1. The van der Waals surface area contributed by atoms with Gasteiger partial charge < -0.3 is 15.3 Å². The molecule has 0 unspecified atom stereocenters. The highest BCUT2D eigenvalue weighted by molar-refractivity contribution is 7.92. The summed E-state index contributed by atoms with van der Waals surface area (Å²) in [7, 11) is -3.78. The summed E-state index contributed by atoms with van der Waals surface area (Å²) in [5.41, 5.74) is 2.18. The van der Waals surface area contributed by atoms with Crippen molar-refractivity contribution in [2.45, 2.75) is 69.6 Å². The molecular weight excluding hydrogens is 569 g/mol. The Morgan fingerprint density at radius 2 is 1.69 bits per heavy atom. The number of hydrogen-bond acceptors (Lipinski definition) is 6. The highest BCUT2D eigenvalue weighted by Crippen LogP contribution is 2.55. The predicted octanol–water partition coefficient (Wildman–Crippen LogP) is 5.75. The van der Waals surface area contributed by atoms with Gasteiger partial charge in [0.15, 0.2) is 5.82 Å². The fraction of sp³-hybridized carbons (Fsp3) is 0.533. The molecule has 2 aromatic rings. The van der Waals surface area contributed by atoms with E-state index < -0.39 is 45.4 Å². The van der Waals surface area contributed by atoms with Crippen molar-refractivity contribution >= 4 is 44.4 Å². The smallest absolute Gasteiger partial charge is 0.257 e. The van der Waals surface area contributed by atoms with Gasteiger partial charge in [0.1, 0.15) is 5.69 Å². The quantitative estimate of drug-likeness (QED) is 0.373. The SMILES string of the molecule is CC1=Nc2c(F)cc(NC(=O)c3ccc(NS(=O)(=O)CCO)cc3N3CCC4(CC3)CC4)cc2C12CCC(F)(F)CC2. The Morgan fingerprint density at radius 1 is 1.00 bits per heavy atom. The molecule has 0 radical (unpaired) electrons. The normalized spacial score (nSPS) is 21.6. The molecule has 226 valence electrons. The second kappa shape index (κ2) is 10.3. The van der Waals surface area contributed by atoms with Crippen LogP contribution in [0.4, 0.5) is 35.9 Å². The number of aliphatic hydroxyl groups is 1. The Kier molecular flexibility index (Phi) is 7.07. The Hall–Kier alpha value is -3.12. The highest BCUT2D eigenvalue weighted by atomic mass is 32.2. The molecule has 1 saturated heterocycles. The van der Waals surface area contributed by atoms with Crippen molar-refractivity contribution in [1.82, 2.24) is 0 Å². The highest BCUT2D eigenvalue weighted by Gasteiger charge is 2.50. The molecule has 0 aromatic heterocycles. The molecule has 12 heteroatoms. The van der Waals surface area contributed by atoms with Gasteiger partial charge in [-0.3, -0.25) is 14.5 Å². The third-order valence-electron chi connectivity index (χ3n) is 9.64. The molecule has 42 heavy (non-hydrogen) atoms. The Balaban J connectivity index is 1.30. The topological polar surface area (TPSA) is 111 Å². The lowest BCUT2D eigenvalue weighted by molar-refractivity contribution is -0.0437. The summed E-state index contributed by atoms with van der Waals surface area (Å²) in [6, 6.07) is 7.47. The van der Waals surface area contributed by atoms with Gasteiger partial charge in [-0.05, 0) is 86.8 Å². The van der Waals surface area contributed by atoms with Gasteiger partial charge >= 0.3 is 0 Å². The lowest BCUT2D eigenvalue weighted by Gasteiger charge is -2.38. The molecule has 6 rings (SSSR count). The Labute approximate surface area is 243 Å². The molecule has 2 heterocycles. The van der Waals surface area contributed by atoms with Crippen LogP contribution in [0.3, 0.4) is 0 Å². The molecule has 1 amide bonds. The molecule has 2 aliphatic heterocycles. The van der Waals surface area contributed by atoms with Crippen LogP contribution >= 0.6 is 0 Å². The van der Waals surface area contributed by atoms with Crippen LogP contribution in [0.5, 0.6) is 0 Å². The van der Waals surface area contributed by atoms with Crippen LogP contribution < -0.4 is 14.9 Å². The van der Waals surface area contributed by atoms with E-state index in [4.69, 9.17) is 5.11 Å². The van der Waals surface area contributed by atoms with Crippen molar-refractivity contribution in [2.24, 2.45) is 10.4 Å². The number of nitrogens with one attached hydrogen (secondary N) is 2. The molecule has 2 spiro atoms. The summed E-state index contributed by atoms with van der Waals surface area (Å²) in [5, 5.41) is 11.9. The molecule has 0 bridgehead atoms. The molecule has 2 aromatic carbocycles. The lowest BCUT2D eigenvalue weighted by Crippen LogP contribution is -2.40. The minimum Gasteiger partial charge on any atom is -0.395 e. The van der Waals surface area contributed by atoms with Crippen molar-refractivity contribution < 1.29 is 31.5 Å². The number of halogens is 3. The monoisotopic (exact) mass is 604 g/mol. The van der Waals surface area contributed by atoms with Crippen molar-refractivity contribution in [1.29, 1.82) is 0 Å². The van der Waals surface area contributed by atoms with Crippen LogP contribution in [0, 0.1) is 11.2 Å². The molecule has 4 aliphatic rings. The zero-order valence-corrected chi connectivity index (χ0v) is 24.3. The first-order valence-corrected chi connectivity index (χ1v) is 16.1. The number of piperidine rings is 1. The standard InChI is InChI=1S/C30H35F3N4O4S/c1-19-29(6-8-30(32,33)9-7-29)23-16-21(17-24(31)26(23)34-19)35-27(39)22-3-2-20(36-42(40,41)15-14-38)18-25(22)37-12-10-28(4-5-28)11-13-37/h2-3,16-18,36,38H,4-15H2,1H3,(H,35,39). The maximum atomic E-state index is 15.3. The summed E-state index contributed by atoms with van der Waals surface area (Å²) in [6.45, 7) is 2.64. The maximum absolute atomic E-state index is 15.3. The fourth-order valence-electron chi connectivity index (χ4n) is 6.79. The molecule has 2 saturated carbocycles. The van der Waals surface area contributed by atoms with Crippen molar-refractivity contribution in [3.8, 4) is 0 Å². The zero-order chi connectivity index (χ0) is 29.9. The van der Waals surface area contributed by atoms with E-state index in [0.29, 0.717) is 41.0 Å². The van der Waals surface area contributed by atoms with Gasteiger partial charge in [0.25, 0.3) is 5.91 Å². The third kappa shape index (κ3) is 5.39. The third-order valence-corrected chi connectivity index (χ3v) is 10.9. The van der Waals surface area contributed by atoms with Gasteiger partial charge in [-0.1, -0.05) is 0 Å². The summed E-state index contributed by atoms with van der Waals surface area (Å²) < 4.78 is 70.4. The van der Waals surface area contributed by atoms with Crippen LogP contribution in [-0.4, -0.2) is 56.5 Å². The van der Waals surface area contributed by atoms with E-state index in [1.54, 1.807) is 19.1 Å². The van der Waals surface area contributed by atoms with E-state index >= 15 is 4.39 Å². The minimum absolute atomic E-state index is 0.137. The first kappa shape index (κ1) is 29.0. The number of alkyl halides is 2. The number of carbonyl (C=O) groups excluding carboxylic acids is 1. The van der Waals surface area contributed by atoms with Crippen LogP contribution in [0.25, 0.3) is 0 Å².